The van der Waals surface area contributed by atoms with Crippen LogP contribution in [0, 0.1) is 0 Å². The van der Waals surface area contributed by atoms with Crippen LogP contribution in [0.25, 0.3) is 0 Å². The summed E-state index contributed by atoms with van der Waals surface area (Å²) >= 11 is 2.52. The highest BCUT2D eigenvalue weighted by Crippen LogP contribution is 2.28. The molecule has 1 aliphatic rings. The summed E-state index contributed by atoms with van der Waals surface area (Å²) in [6, 6.07) is 10.6. The number of hydrogen-bond acceptors (Lipinski definition) is 1. The van der Waals surface area contributed by atoms with Gasteiger partial charge in [0.2, 0.25) is 0 Å². The first kappa shape index (κ1) is 11.4. The summed E-state index contributed by atoms with van der Waals surface area (Å²) in [6.07, 6.45) is 5.47. The van der Waals surface area contributed by atoms with Gasteiger partial charge in [-0.05, 0) is 31.2 Å². The molecular weight excluding hydrogens is 299 g/mol. The first-order valence-electron chi connectivity index (χ1n) is 5.66. The topological polar surface area (TPSA) is 9.23 Å². The molecular formula is C13H17IO. The summed E-state index contributed by atoms with van der Waals surface area (Å²) in [5.74, 6) is 0. The number of benzene rings is 1. The Kier molecular flexibility index (Phi) is 4.44. The lowest BCUT2D eigenvalue weighted by molar-refractivity contribution is 0.0665. The lowest BCUT2D eigenvalue weighted by atomic mass is 10.2. The van der Waals surface area contributed by atoms with E-state index in [0.29, 0.717) is 6.10 Å². The van der Waals surface area contributed by atoms with E-state index in [1.165, 1.54) is 24.8 Å². The summed E-state index contributed by atoms with van der Waals surface area (Å²) in [5.41, 5.74) is 1.38. The van der Waals surface area contributed by atoms with E-state index >= 15 is 0 Å². The molecule has 0 N–H and O–H groups in total. The summed E-state index contributed by atoms with van der Waals surface area (Å²) in [5, 5.41) is 0. The maximum absolute atomic E-state index is 5.91. The van der Waals surface area contributed by atoms with E-state index in [4.69, 9.17) is 4.74 Å². The minimum atomic E-state index is 0.509. The van der Waals surface area contributed by atoms with Crippen molar-refractivity contribution in [3.05, 3.63) is 35.9 Å². The average Bonchev–Trinajstić information content (AvgIpc) is 2.66. The minimum absolute atomic E-state index is 0.509. The maximum Gasteiger partial charge on any atom is 0.0692 e. The Bertz CT molecular complexity index is 286. The van der Waals surface area contributed by atoms with Gasteiger partial charge in [0.05, 0.1) is 12.7 Å². The van der Waals surface area contributed by atoms with Crippen LogP contribution in [-0.4, -0.2) is 16.6 Å². The Balaban J connectivity index is 1.71. The third-order valence-electron chi connectivity index (χ3n) is 2.94. The first-order valence-corrected chi connectivity index (χ1v) is 6.90. The third-order valence-corrected chi connectivity index (χ3v) is 4.36. The highest BCUT2D eigenvalue weighted by molar-refractivity contribution is 14.1. The molecule has 0 amide bonds. The molecule has 0 aliphatic heterocycles. The normalized spacial score (nSPS) is 25.7. The van der Waals surface area contributed by atoms with Crippen molar-refractivity contribution in [2.45, 2.75) is 35.7 Å². The molecule has 0 saturated heterocycles. The van der Waals surface area contributed by atoms with Crippen LogP contribution in [0.3, 0.4) is 0 Å². The van der Waals surface area contributed by atoms with E-state index in [0.717, 1.165) is 17.0 Å². The van der Waals surface area contributed by atoms with Crippen LogP contribution < -0.4 is 0 Å². The SMILES string of the molecule is IC1CCCC1OCCc1ccccc1. The quantitative estimate of drug-likeness (QED) is 0.609. The molecule has 0 radical (unpaired) electrons. The minimum Gasteiger partial charge on any atom is -0.377 e. The molecule has 1 nitrogen and oxygen atoms in total. The predicted molar refractivity (Wildman–Crippen MR) is 71.5 cm³/mol. The monoisotopic (exact) mass is 316 g/mol. The molecule has 1 aliphatic carbocycles. The van der Waals surface area contributed by atoms with Crippen molar-refractivity contribution in [1.29, 1.82) is 0 Å². The Morgan fingerprint density at radius 1 is 1.20 bits per heavy atom. The molecule has 0 spiro atoms. The summed E-state index contributed by atoms with van der Waals surface area (Å²) in [6.45, 7) is 0.869. The molecule has 1 saturated carbocycles. The van der Waals surface area contributed by atoms with Gasteiger partial charge >= 0.3 is 0 Å². The van der Waals surface area contributed by atoms with Crippen LogP contribution in [0.1, 0.15) is 24.8 Å². The molecule has 2 atom stereocenters. The Hall–Kier alpha value is -0.0900. The molecule has 1 fully saturated rings. The van der Waals surface area contributed by atoms with E-state index in [1.54, 1.807) is 0 Å². The molecule has 2 unspecified atom stereocenters. The second-order valence-electron chi connectivity index (χ2n) is 4.09. The highest BCUT2D eigenvalue weighted by Gasteiger charge is 2.24. The summed E-state index contributed by atoms with van der Waals surface area (Å²) in [4.78, 5) is 0. The van der Waals surface area contributed by atoms with Crippen molar-refractivity contribution in [1.82, 2.24) is 0 Å². The predicted octanol–water partition coefficient (Wildman–Crippen LogP) is 3.60. The summed E-state index contributed by atoms with van der Waals surface area (Å²) < 4.78 is 6.65. The number of rotatable bonds is 4. The van der Waals surface area contributed by atoms with Crippen molar-refractivity contribution in [2.24, 2.45) is 0 Å². The molecule has 15 heavy (non-hydrogen) atoms. The van der Waals surface area contributed by atoms with Gasteiger partial charge in [0.1, 0.15) is 0 Å². The lowest BCUT2D eigenvalue weighted by Gasteiger charge is -2.15. The van der Waals surface area contributed by atoms with Crippen LogP contribution in [0.15, 0.2) is 30.3 Å². The molecule has 0 bridgehead atoms. The summed E-state index contributed by atoms with van der Waals surface area (Å²) in [7, 11) is 0. The van der Waals surface area contributed by atoms with Crippen molar-refractivity contribution >= 4 is 22.6 Å². The number of alkyl halides is 1. The van der Waals surface area contributed by atoms with Gasteiger partial charge in [-0.3, -0.25) is 0 Å². The fraction of sp³-hybridized carbons (Fsp3) is 0.538. The van der Waals surface area contributed by atoms with Gasteiger partial charge in [-0.2, -0.15) is 0 Å². The van der Waals surface area contributed by atoms with Crippen LogP contribution in [0.5, 0.6) is 0 Å². The molecule has 0 heterocycles. The Morgan fingerprint density at radius 3 is 2.67 bits per heavy atom. The lowest BCUT2D eigenvalue weighted by Crippen LogP contribution is -2.19. The fourth-order valence-electron chi connectivity index (χ4n) is 2.04. The first-order chi connectivity index (χ1) is 7.36. The Labute approximate surface area is 105 Å². The van der Waals surface area contributed by atoms with Gasteiger partial charge in [-0.15, -0.1) is 0 Å². The highest BCUT2D eigenvalue weighted by atomic mass is 127. The number of ether oxygens (including phenoxy) is 1. The standard InChI is InChI=1S/C13H17IO/c14-12-7-4-8-13(12)15-10-9-11-5-2-1-3-6-11/h1-3,5-6,12-13H,4,7-10H2. The average molecular weight is 316 g/mol. The second-order valence-corrected chi connectivity index (χ2v) is 5.69. The molecule has 82 valence electrons. The third kappa shape index (κ3) is 3.45. The smallest absolute Gasteiger partial charge is 0.0692 e. The zero-order valence-electron chi connectivity index (χ0n) is 8.86. The molecule has 0 aromatic heterocycles. The van der Waals surface area contributed by atoms with Crippen molar-refractivity contribution in [3.8, 4) is 0 Å². The van der Waals surface area contributed by atoms with Crippen molar-refractivity contribution in [2.75, 3.05) is 6.61 Å². The van der Waals surface area contributed by atoms with Gasteiger partial charge in [-0.1, -0.05) is 52.9 Å². The van der Waals surface area contributed by atoms with Crippen LogP contribution >= 0.6 is 22.6 Å². The van der Waals surface area contributed by atoms with Crippen LogP contribution in [-0.2, 0) is 11.2 Å². The van der Waals surface area contributed by atoms with Crippen molar-refractivity contribution in [3.63, 3.8) is 0 Å². The zero-order chi connectivity index (χ0) is 10.5. The van der Waals surface area contributed by atoms with E-state index in [9.17, 15) is 0 Å². The molecule has 2 heteroatoms. The van der Waals surface area contributed by atoms with Gasteiger partial charge in [0.25, 0.3) is 0 Å². The van der Waals surface area contributed by atoms with Crippen molar-refractivity contribution < 1.29 is 4.74 Å². The number of halogens is 1. The van der Waals surface area contributed by atoms with Gasteiger partial charge in [0, 0.05) is 3.92 Å². The van der Waals surface area contributed by atoms with Crippen LogP contribution in [0.2, 0.25) is 0 Å². The molecule has 2 rings (SSSR count). The van der Waals surface area contributed by atoms with Gasteiger partial charge < -0.3 is 4.74 Å². The molecule has 1 aromatic rings. The Morgan fingerprint density at radius 2 is 2.00 bits per heavy atom. The van der Waals surface area contributed by atoms with Crippen LogP contribution in [0.4, 0.5) is 0 Å². The zero-order valence-corrected chi connectivity index (χ0v) is 11.0. The van der Waals surface area contributed by atoms with E-state index in [1.807, 2.05) is 0 Å². The largest absolute Gasteiger partial charge is 0.377 e. The molecule has 1 aromatic carbocycles. The number of hydrogen-bond donors (Lipinski definition) is 0. The fourth-order valence-corrected chi connectivity index (χ4v) is 3.05. The van der Waals surface area contributed by atoms with Gasteiger partial charge in [0.15, 0.2) is 0 Å². The second kappa shape index (κ2) is 5.85. The van der Waals surface area contributed by atoms with E-state index < -0.39 is 0 Å². The van der Waals surface area contributed by atoms with E-state index in [-0.39, 0.29) is 0 Å². The maximum atomic E-state index is 5.91. The van der Waals surface area contributed by atoms with Gasteiger partial charge in [-0.25, -0.2) is 0 Å². The van der Waals surface area contributed by atoms with E-state index in [2.05, 4.69) is 52.9 Å².